The largest absolute Gasteiger partial charge is 0.495 e. The highest BCUT2D eigenvalue weighted by Gasteiger charge is 2.57. The van der Waals surface area contributed by atoms with Crippen LogP contribution in [0.15, 0.2) is 127 Å². The molecule has 0 bridgehead atoms. The van der Waals surface area contributed by atoms with Crippen molar-refractivity contribution in [1.82, 2.24) is 0 Å². The third kappa shape index (κ3) is 8.62. The molecule has 7 aliphatic rings. The van der Waals surface area contributed by atoms with Crippen LogP contribution in [-0.4, -0.2) is 12.7 Å². The van der Waals surface area contributed by atoms with E-state index in [2.05, 4.69) is 238 Å². The van der Waals surface area contributed by atoms with E-state index in [-0.39, 0.29) is 97.3 Å². The fraction of sp³-hybridized carbons (Fsp3) is 0.475. The van der Waals surface area contributed by atoms with Gasteiger partial charge in [-0.25, -0.2) is 0 Å². The van der Waals surface area contributed by atoms with Crippen LogP contribution in [0, 0.1) is 0 Å². The fourth-order valence-corrected chi connectivity index (χ4v) is 17.1. The molecule has 0 amide bonds. The molecule has 0 radical (unpaired) electrons. The molecule has 2 atom stereocenters. The van der Waals surface area contributed by atoms with Gasteiger partial charge in [0.05, 0.1) is 18.6 Å². The molecule has 0 fully saturated rings. The maximum atomic E-state index is 10.0. The van der Waals surface area contributed by atoms with E-state index < -0.39 is 6.04 Å². The summed E-state index contributed by atoms with van der Waals surface area (Å²) in [5.41, 5.74) is 21.7. The van der Waals surface area contributed by atoms with Crippen LogP contribution in [0.2, 0.25) is 0 Å². The Morgan fingerprint density at radius 3 is 1.45 bits per heavy atom. The lowest BCUT2D eigenvalue weighted by molar-refractivity contribution is 0.282. The Balaban J connectivity index is 1.17. The summed E-state index contributed by atoms with van der Waals surface area (Å²) in [4.78, 5) is 7.25. The predicted octanol–water partition coefficient (Wildman–Crippen LogP) is 20.4. The summed E-state index contributed by atoms with van der Waals surface area (Å²) in [5, 5.41) is 0. The molecule has 440 valence electrons. The average molecular weight is 1130 g/mol. The minimum absolute atomic E-state index is 0.0129. The van der Waals surface area contributed by atoms with E-state index in [4.69, 9.17) is 6.11 Å². The number of hydrogen-bond acceptors (Lipinski definition) is 4. The number of benzene rings is 7. The van der Waals surface area contributed by atoms with Gasteiger partial charge in [-0.2, -0.15) is 0 Å². The third-order valence-electron chi connectivity index (χ3n) is 23.2. The van der Waals surface area contributed by atoms with Gasteiger partial charge in [0, 0.05) is 45.4 Å². The molecule has 4 aliphatic carbocycles. The lowest BCUT2D eigenvalue weighted by atomic mass is 9.32. The van der Waals surface area contributed by atoms with Gasteiger partial charge >= 0.3 is 0 Å². The number of rotatable bonds is 5. The Hall–Kier alpha value is -6.20. The molecule has 85 heavy (non-hydrogen) atoms. The molecular weight excluding hydrogens is 1030 g/mol. The van der Waals surface area contributed by atoms with Crippen molar-refractivity contribution >= 4 is 63.1 Å². The molecule has 4 nitrogen and oxygen atoms in total. The fourth-order valence-electron chi connectivity index (χ4n) is 17.1. The second-order valence-corrected chi connectivity index (χ2v) is 33.6. The normalized spacial score (nSPS) is 24.0. The first-order chi connectivity index (χ1) is 41.8. The second kappa shape index (κ2) is 18.2. The first-order valence-electron chi connectivity index (χ1n) is 34.9. The van der Waals surface area contributed by atoms with Crippen LogP contribution >= 0.6 is 0 Å². The summed E-state index contributed by atoms with van der Waals surface area (Å²) >= 11 is 0. The van der Waals surface area contributed by atoms with Crippen molar-refractivity contribution in [1.29, 1.82) is 0 Å². The van der Waals surface area contributed by atoms with Crippen molar-refractivity contribution < 1.29 is 11.6 Å². The van der Waals surface area contributed by atoms with Crippen LogP contribution < -0.4 is 30.4 Å². The summed E-state index contributed by atoms with van der Waals surface area (Å²) < 4.78 is 55.8. The standard InChI is InChI=1S/C80H96BN3O/c1-72(2,3)49-25-32-68-55(41-49)70-71(85-68)81-64-47-62-63(80(18,19)40-39-79(62,16)17)48-65(64)83(52-27-30-57-60(43-52)77(12,13)37-34-74(57,6)7)66-45-54(46-67(69(66)81)84(70)53-28-31-58-61(44-53)78(14,15)38-35-75(58,8)9)82(50-23-21-20-22-24-50)51-26-29-56-59(42-51)76(10,11)36-33-73(56,4)5/h20-32,41-48,70-71H,33-40H2,1-19H3/i20D,21D,22D,23D,24D. The second-order valence-electron chi connectivity index (χ2n) is 33.6. The predicted molar refractivity (Wildman–Crippen MR) is 363 cm³/mol. The topological polar surface area (TPSA) is 19.0 Å². The molecule has 2 unspecified atom stereocenters. The van der Waals surface area contributed by atoms with Crippen molar-refractivity contribution in [2.45, 2.75) is 244 Å². The highest BCUT2D eigenvalue weighted by molar-refractivity contribution is 6.91. The molecular formula is C80H96BN3O. The molecule has 3 heterocycles. The van der Waals surface area contributed by atoms with Crippen molar-refractivity contribution in [2.75, 3.05) is 14.7 Å². The van der Waals surface area contributed by atoms with E-state index in [1.54, 1.807) is 0 Å². The van der Waals surface area contributed by atoms with Gasteiger partial charge in [0.1, 0.15) is 11.8 Å². The SMILES string of the molecule is [2H]c1c([2H])c([2H])c(N(c2cc3c4c(c2)N(c2ccc5c(c2)C(C)(C)CCC5(C)C)C2c5cc(C(C)(C)C)ccc5OC2B4c2cc4c(cc2N3c2ccc3c(c2)C(C)(C)CCC3(C)C)C(C)(C)CCC4(C)C)c2ccc3c(c2)C(C)(C)CCC3(C)C)c([2H])c1[2H]. The quantitative estimate of drug-likeness (QED) is 0.160. The molecule has 7 aromatic carbocycles. The number of anilines is 8. The number of para-hydroxylation sites is 1. The smallest absolute Gasteiger partial charge is 0.267 e. The molecule has 5 heteroatoms. The Morgan fingerprint density at radius 1 is 0.447 bits per heavy atom. The van der Waals surface area contributed by atoms with Crippen molar-refractivity contribution in [3.63, 3.8) is 0 Å². The van der Waals surface area contributed by atoms with E-state index in [1.807, 2.05) is 4.90 Å². The number of nitrogens with zero attached hydrogens (tertiary/aromatic N) is 3. The number of hydrogen-bond donors (Lipinski definition) is 0. The molecule has 0 spiro atoms. The Bertz CT molecular complexity index is 4200. The lowest BCUT2D eigenvalue weighted by Crippen LogP contribution is -2.65. The molecule has 7 aromatic rings. The monoisotopic (exact) mass is 1130 g/mol. The molecule has 14 rings (SSSR count). The highest BCUT2D eigenvalue weighted by Crippen LogP contribution is 2.59. The van der Waals surface area contributed by atoms with Gasteiger partial charge in [-0.1, -0.05) is 180 Å². The number of fused-ring (bicyclic) bond motifs is 10. The zero-order valence-corrected chi connectivity index (χ0v) is 54.9. The Morgan fingerprint density at radius 2 is 0.906 bits per heavy atom. The number of ether oxygens (including phenoxy) is 1. The molecule has 0 aromatic heterocycles. The van der Waals surface area contributed by atoms with E-state index in [9.17, 15) is 5.48 Å². The van der Waals surface area contributed by atoms with Gasteiger partial charge in [0.25, 0.3) is 6.71 Å². The first-order valence-corrected chi connectivity index (χ1v) is 32.4. The van der Waals surface area contributed by atoms with Crippen LogP contribution in [0.5, 0.6) is 5.75 Å². The maximum Gasteiger partial charge on any atom is 0.267 e. The van der Waals surface area contributed by atoms with Crippen LogP contribution in [0.4, 0.5) is 45.5 Å². The van der Waals surface area contributed by atoms with Crippen molar-refractivity contribution in [3.8, 4) is 5.75 Å². The van der Waals surface area contributed by atoms with Gasteiger partial charge in [0.15, 0.2) is 0 Å². The van der Waals surface area contributed by atoms with Crippen molar-refractivity contribution in [2.24, 2.45) is 0 Å². The Kier molecular flexibility index (Phi) is 10.9. The summed E-state index contributed by atoms with van der Waals surface area (Å²) in [6.45, 7) is 45.1. The summed E-state index contributed by atoms with van der Waals surface area (Å²) in [7, 11) is 0. The average Bonchev–Trinajstić information content (AvgIpc) is 1.10. The minimum Gasteiger partial charge on any atom is -0.495 e. The van der Waals surface area contributed by atoms with Crippen LogP contribution in [0.3, 0.4) is 0 Å². The Labute approximate surface area is 519 Å². The maximum absolute atomic E-state index is 10.0. The molecule has 0 saturated heterocycles. The third-order valence-corrected chi connectivity index (χ3v) is 23.2. The first kappa shape index (κ1) is 50.9. The van der Waals surface area contributed by atoms with Crippen LogP contribution in [0.1, 0.15) is 251 Å². The zero-order chi connectivity index (χ0) is 64.7. The van der Waals surface area contributed by atoms with Gasteiger partial charge < -0.3 is 19.4 Å². The van der Waals surface area contributed by atoms with Crippen LogP contribution in [0.25, 0.3) is 0 Å². The highest BCUT2D eigenvalue weighted by atomic mass is 16.5. The molecule has 0 saturated carbocycles. The van der Waals surface area contributed by atoms with E-state index in [0.717, 1.165) is 102 Å². The minimum atomic E-state index is -0.411. The zero-order valence-electron chi connectivity index (χ0n) is 59.9. The summed E-state index contributed by atoms with van der Waals surface area (Å²) in [6, 6.07) is 35.9. The van der Waals surface area contributed by atoms with Gasteiger partial charge in [0.2, 0.25) is 0 Å². The summed E-state index contributed by atoms with van der Waals surface area (Å²) in [6.07, 6.45) is 8.51. The van der Waals surface area contributed by atoms with E-state index in [1.165, 1.54) is 55.5 Å². The van der Waals surface area contributed by atoms with Gasteiger partial charge in [-0.3, -0.25) is 0 Å². The van der Waals surface area contributed by atoms with Crippen LogP contribution in [-0.2, 0) is 48.7 Å². The van der Waals surface area contributed by atoms with E-state index >= 15 is 0 Å². The van der Waals surface area contributed by atoms with Gasteiger partial charge in [-0.15, -0.1) is 0 Å². The summed E-state index contributed by atoms with van der Waals surface area (Å²) in [5.74, 6) is 0.903. The lowest BCUT2D eigenvalue weighted by Gasteiger charge is -2.50. The van der Waals surface area contributed by atoms with Gasteiger partial charge in [-0.05, 0) is 240 Å². The molecule has 0 N–H and O–H groups in total. The molecule has 3 aliphatic heterocycles. The van der Waals surface area contributed by atoms with Crippen molar-refractivity contribution in [3.05, 3.63) is 183 Å². The van der Waals surface area contributed by atoms with E-state index in [0.29, 0.717) is 5.69 Å².